The van der Waals surface area contributed by atoms with E-state index in [2.05, 4.69) is 16.0 Å². The standard InChI is InChI=1S/C19H20N4O/c20-15-17-3-1-2-16(14-17)4-5-19(24)23-12-10-22(11-13-23)18-6-8-21-9-7-18/h1-3,6-9,14H,4-5,10-13H2. The molecular formula is C19H20N4O. The van der Waals surface area contributed by atoms with Gasteiger partial charge in [-0.25, -0.2) is 0 Å². The van der Waals surface area contributed by atoms with E-state index in [1.54, 1.807) is 18.5 Å². The number of amides is 1. The average molecular weight is 320 g/mol. The first-order chi connectivity index (χ1) is 11.8. The maximum atomic E-state index is 12.4. The van der Waals surface area contributed by atoms with Crippen LogP contribution in [-0.2, 0) is 11.2 Å². The third-order valence-electron chi connectivity index (χ3n) is 4.34. The number of nitriles is 1. The third kappa shape index (κ3) is 3.90. The van der Waals surface area contributed by atoms with Crippen LogP contribution in [0.1, 0.15) is 17.5 Å². The van der Waals surface area contributed by atoms with E-state index < -0.39 is 0 Å². The first-order valence-corrected chi connectivity index (χ1v) is 8.18. The van der Waals surface area contributed by atoms with Crippen molar-refractivity contribution in [2.75, 3.05) is 31.1 Å². The minimum Gasteiger partial charge on any atom is -0.368 e. The molecule has 0 N–H and O–H groups in total. The summed E-state index contributed by atoms with van der Waals surface area (Å²) in [5, 5.41) is 8.93. The Bertz CT molecular complexity index is 731. The van der Waals surface area contributed by atoms with E-state index in [1.807, 2.05) is 35.2 Å². The summed E-state index contributed by atoms with van der Waals surface area (Å²) in [5.41, 5.74) is 2.84. The lowest BCUT2D eigenvalue weighted by Crippen LogP contribution is -2.48. The lowest BCUT2D eigenvalue weighted by Gasteiger charge is -2.36. The second kappa shape index (κ2) is 7.60. The molecule has 0 atom stereocenters. The summed E-state index contributed by atoms with van der Waals surface area (Å²) in [6, 6.07) is 13.6. The minimum atomic E-state index is 0.187. The SMILES string of the molecule is N#Cc1cccc(CCC(=O)N2CCN(c3ccncc3)CC2)c1. The molecule has 0 radical (unpaired) electrons. The molecule has 122 valence electrons. The van der Waals surface area contributed by atoms with Gasteiger partial charge in [-0.3, -0.25) is 9.78 Å². The zero-order chi connectivity index (χ0) is 16.8. The van der Waals surface area contributed by atoms with Gasteiger partial charge in [-0.05, 0) is 36.2 Å². The Morgan fingerprint density at radius 1 is 1.12 bits per heavy atom. The van der Waals surface area contributed by atoms with Crippen molar-refractivity contribution >= 4 is 11.6 Å². The number of piperazine rings is 1. The van der Waals surface area contributed by atoms with Gasteiger partial charge in [0.25, 0.3) is 0 Å². The van der Waals surface area contributed by atoms with Crippen LogP contribution in [0.15, 0.2) is 48.8 Å². The normalized spacial score (nSPS) is 14.3. The minimum absolute atomic E-state index is 0.187. The van der Waals surface area contributed by atoms with Gasteiger partial charge < -0.3 is 9.80 Å². The molecule has 1 aromatic heterocycles. The summed E-state index contributed by atoms with van der Waals surface area (Å²) in [7, 11) is 0. The molecule has 0 spiro atoms. The first kappa shape index (κ1) is 16.0. The van der Waals surface area contributed by atoms with Crippen molar-refractivity contribution in [3.8, 4) is 6.07 Å². The Morgan fingerprint density at radius 2 is 1.88 bits per heavy atom. The Labute approximate surface area is 142 Å². The Kier molecular flexibility index (Phi) is 5.07. The van der Waals surface area contributed by atoms with E-state index >= 15 is 0 Å². The van der Waals surface area contributed by atoms with E-state index in [1.165, 1.54) is 0 Å². The highest BCUT2D eigenvalue weighted by Gasteiger charge is 2.20. The van der Waals surface area contributed by atoms with Crippen LogP contribution in [0.5, 0.6) is 0 Å². The van der Waals surface area contributed by atoms with Gasteiger partial charge in [0, 0.05) is 50.7 Å². The fourth-order valence-corrected chi connectivity index (χ4v) is 2.97. The van der Waals surface area contributed by atoms with Crippen LogP contribution in [0.4, 0.5) is 5.69 Å². The molecule has 1 amide bonds. The number of aryl methyl sites for hydroxylation is 1. The molecule has 2 heterocycles. The number of carbonyl (C=O) groups is 1. The lowest BCUT2D eigenvalue weighted by atomic mass is 10.1. The van der Waals surface area contributed by atoms with Crippen molar-refractivity contribution in [1.29, 1.82) is 5.26 Å². The van der Waals surface area contributed by atoms with Crippen molar-refractivity contribution < 1.29 is 4.79 Å². The van der Waals surface area contributed by atoms with E-state index in [0.29, 0.717) is 18.4 Å². The Hall–Kier alpha value is -2.87. The van der Waals surface area contributed by atoms with Gasteiger partial charge in [0.1, 0.15) is 0 Å². The highest BCUT2D eigenvalue weighted by molar-refractivity contribution is 5.76. The first-order valence-electron chi connectivity index (χ1n) is 8.18. The van der Waals surface area contributed by atoms with Gasteiger partial charge in [0.15, 0.2) is 0 Å². The molecule has 0 aliphatic carbocycles. The highest BCUT2D eigenvalue weighted by Crippen LogP contribution is 2.15. The molecule has 5 heteroatoms. The van der Waals surface area contributed by atoms with Crippen molar-refractivity contribution in [2.24, 2.45) is 0 Å². The van der Waals surface area contributed by atoms with Crippen LogP contribution < -0.4 is 4.90 Å². The quantitative estimate of drug-likeness (QED) is 0.867. The molecule has 5 nitrogen and oxygen atoms in total. The number of hydrogen-bond donors (Lipinski definition) is 0. The van der Waals surface area contributed by atoms with Gasteiger partial charge in [0.05, 0.1) is 11.6 Å². The molecule has 1 aromatic carbocycles. The number of pyridine rings is 1. The molecule has 0 saturated carbocycles. The molecule has 3 rings (SSSR count). The maximum absolute atomic E-state index is 12.4. The molecule has 1 aliphatic rings. The van der Waals surface area contributed by atoms with Crippen LogP contribution in [0.3, 0.4) is 0 Å². The molecule has 0 bridgehead atoms. The Balaban J connectivity index is 1.49. The molecule has 1 fully saturated rings. The zero-order valence-electron chi connectivity index (χ0n) is 13.6. The fourth-order valence-electron chi connectivity index (χ4n) is 2.97. The third-order valence-corrected chi connectivity index (χ3v) is 4.34. The maximum Gasteiger partial charge on any atom is 0.223 e. The van der Waals surface area contributed by atoms with E-state index in [-0.39, 0.29) is 5.91 Å². The predicted molar refractivity (Wildman–Crippen MR) is 92.5 cm³/mol. The van der Waals surface area contributed by atoms with Crippen molar-refractivity contribution in [3.63, 3.8) is 0 Å². The molecule has 1 saturated heterocycles. The molecule has 24 heavy (non-hydrogen) atoms. The largest absolute Gasteiger partial charge is 0.368 e. The second-order valence-electron chi connectivity index (χ2n) is 5.89. The summed E-state index contributed by atoms with van der Waals surface area (Å²) < 4.78 is 0. The van der Waals surface area contributed by atoms with Crippen molar-refractivity contribution in [1.82, 2.24) is 9.88 Å². The molecule has 0 unspecified atom stereocenters. The average Bonchev–Trinajstić information content (AvgIpc) is 2.67. The summed E-state index contributed by atoms with van der Waals surface area (Å²) >= 11 is 0. The van der Waals surface area contributed by atoms with Crippen molar-refractivity contribution in [3.05, 3.63) is 59.9 Å². The number of carbonyl (C=O) groups excluding carboxylic acids is 1. The zero-order valence-corrected chi connectivity index (χ0v) is 13.6. The van der Waals surface area contributed by atoms with Crippen LogP contribution in [0.25, 0.3) is 0 Å². The summed E-state index contributed by atoms with van der Waals surface area (Å²) in [4.78, 5) is 20.7. The fraction of sp³-hybridized carbons (Fsp3) is 0.316. The van der Waals surface area contributed by atoms with Gasteiger partial charge >= 0.3 is 0 Å². The number of benzene rings is 1. The highest BCUT2D eigenvalue weighted by atomic mass is 16.2. The topological polar surface area (TPSA) is 60.2 Å². The van der Waals surface area contributed by atoms with Crippen LogP contribution in [-0.4, -0.2) is 42.0 Å². The van der Waals surface area contributed by atoms with Gasteiger partial charge in [-0.2, -0.15) is 5.26 Å². The number of hydrogen-bond acceptors (Lipinski definition) is 4. The number of anilines is 1. The summed E-state index contributed by atoms with van der Waals surface area (Å²) in [6.45, 7) is 3.19. The number of aromatic nitrogens is 1. The molecule has 1 aliphatic heterocycles. The van der Waals surface area contributed by atoms with Gasteiger partial charge in [0.2, 0.25) is 5.91 Å². The lowest BCUT2D eigenvalue weighted by molar-refractivity contribution is -0.131. The smallest absolute Gasteiger partial charge is 0.223 e. The molecular weight excluding hydrogens is 300 g/mol. The van der Waals surface area contributed by atoms with E-state index in [4.69, 9.17) is 5.26 Å². The predicted octanol–water partition coefficient (Wildman–Crippen LogP) is 2.23. The molecule has 2 aromatic rings. The second-order valence-corrected chi connectivity index (χ2v) is 5.89. The van der Waals surface area contributed by atoms with E-state index in [0.717, 1.165) is 37.4 Å². The van der Waals surface area contributed by atoms with Crippen LogP contribution in [0.2, 0.25) is 0 Å². The number of rotatable bonds is 4. The summed E-state index contributed by atoms with van der Waals surface area (Å²) in [5.74, 6) is 0.187. The number of nitrogens with zero attached hydrogens (tertiary/aromatic N) is 4. The van der Waals surface area contributed by atoms with E-state index in [9.17, 15) is 4.79 Å². The van der Waals surface area contributed by atoms with Crippen LogP contribution >= 0.6 is 0 Å². The van der Waals surface area contributed by atoms with Crippen molar-refractivity contribution in [2.45, 2.75) is 12.8 Å². The summed E-state index contributed by atoms with van der Waals surface area (Å²) in [6.07, 6.45) is 4.76. The van der Waals surface area contributed by atoms with Gasteiger partial charge in [-0.15, -0.1) is 0 Å². The monoisotopic (exact) mass is 320 g/mol. The van der Waals surface area contributed by atoms with Gasteiger partial charge in [-0.1, -0.05) is 12.1 Å². The van der Waals surface area contributed by atoms with Crippen LogP contribution in [0, 0.1) is 11.3 Å². The Morgan fingerprint density at radius 3 is 2.58 bits per heavy atom.